The first-order valence-corrected chi connectivity index (χ1v) is 7.48. The van der Waals surface area contributed by atoms with E-state index in [9.17, 15) is 4.79 Å². The fourth-order valence-corrected chi connectivity index (χ4v) is 2.78. The van der Waals surface area contributed by atoms with Crippen LogP contribution in [0.5, 0.6) is 0 Å². The number of rotatable bonds is 6. The molecular formula is C13H15ClN2O2S. The van der Waals surface area contributed by atoms with E-state index in [1.807, 2.05) is 18.2 Å². The number of nitrogens with zero attached hydrogens (tertiary/aromatic N) is 2. The Kier molecular flexibility index (Phi) is 4.71. The number of hydrogen-bond donors (Lipinski definition) is 1. The van der Waals surface area contributed by atoms with E-state index in [0.29, 0.717) is 5.02 Å². The Labute approximate surface area is 120 Å². The molecule has 102 valence electrons. The van der Waals surface area contributed by atoms with Gasteiger partial charge in [0.25, 0.3) is 0 Å². The Bertz CT molecular complexity index is 598. The van der Waals surface area contributed by atoms with Crippen LogP contribution in [0.25, 0.3) is 11.0 Å². The molecule has 1 N–H and O–H groups in total. The molecule has 0 atom stereocenters. The van der Waals surface area contributed by atoms with Gasteiger partial charge in [0.05, 0.1) is 16.8 Å². The summed E-state index contributed by atoms with van der Waals surface area (Å²) >= 11 is 7.21. The van der Waals surface area contributed by atoms with E-state index in [1.54, 1.807) is 0 Å². The molecule has 0 fully saturated rings. The predicted molar refractivity (Wildman–Crippen MR) is 78.0 cm³/mol. The molecule has 0 radical (unpaired) electrons. The van der Waals surface area contributed by atoms with E-state index < -0.39 is 5.97 Å². The number of imidazole rings is 1. The summed E-state index contributed by atoms with van der Waals surface area (Å²) in [5.74, 6) is -0.819. The molecule has 6 heteroatoms. The van der Waals surface area contributed by atoms with Gasteiger partial charge in [-0.25, -0.2) is 4.98 Å². The second-order valence-electron chi connectivity index (χ2n) is 4.22. The number of carboxylic acids is 1. The lowest BCUT2D eigenvalue weighted by Crippen LogP contribution is -2.03. The second kappa shape index (κ2) is 6.30. The fraction of sp³-hybridized carbons (Fsp3) is 0.385. The van der Waals surface area contributed by atoms with Crippen molar-refractivity contribution in [1.82, 2.24) is 9.55 Å². The van der Waals surface area contributed by atoms with Crippen LogP contribution in [0.2, 0.25) is 5.02 Å². The summed E-state index contributed by atoms with van der Waals surface area (Å²) in [4.78, 5) is 15.2. The van der Waals surface area contributed by atoms with Gasteiger partial charge >= 0.3 is 5.97 Å². The third-order valence-corrected chi connectivity index (χ3v) is 3.93. The first kappa shape index (κ1) is 14.2. The number of carbonyl (C=O) groups is 1. The van der Waals surface area contributed by atoms with E-state index in [4.69, 9.17) is 16.7 Å². The molecule has 0 amide bonds. The Morgan fingerprint density at radius 2 is 2.32 bits per heavy atom. The van der Waals surface area contributed by atoms with E-state index in [-0.39, 0.29) is 5.75 Å². The molecule has 0 aliphatic carbocycles. The molecule has 4 nitrogen and oxygen atoms in total. The van der Waals surface area contributed by atoms with Crippen LogP contribution < -0.4 is 0 Å². The van der Waals surface area contributed by atoms with Gasteiger partial charge in [-0.3, -0.25) is 4.79 Å². The number of thioether (sulfide) groups is 1. The largest absolute Gasteiger partial charge is 0.481 e. The molecule has 0 spiro atoms. The van der Waals surface area contributed by atoms with Crippen LogP contribution in [0, 0.1) is 0 Å². The van der Waals surface area contributed by atoms with Crippen molar-refractivity contribution in [3.63, 3.8) is 0 Å². The average Bonchev–Trinajstić information content (AvgIpc) is 2.70. The van der Waals surface area contributed by atoms with Crippen LogP contribution in [0.3, 0.4) is 0 Å². The number of aromatic nitrogens is 2. The van der Waals surface area contributed by atoms with Gasteiger partial charge < -0.3 is 9.67 Å². The molecule has 0 unspecified atom stereocenters. The standard InChI is InChI=1S/C13H15ClN2O2S/c1-2-3-6-16-11-5-4-9(14)7-10(11)15-13(16)19-8-12(17)18/h4-5,7H,2-3,6,8H2,1H3,(H,17,18). The molecule has 1 aromatic carbocycles. The van der Waals surface area contributed by atoms with Crippen LogP contribution in [-0.4, -0.2) is 26.4 Å². The highest BCUT2D eigenvalue weighted by Gasteiger charge is 2.12. The number of unbranched alkanes of at least 4 members (excludes halogenated alkanes) is 1. The van der Waals surface area contributed by atoms with Crippen LogP contribution in [0.4, 0.5) is 0 Å². The quantitative estimate of drug-likeness (QED) is 0.827. The fourth-order valence-electron chi connectivity index (χ4n) is 1.85. The summed E-state index contributed by atoms with van der Waals surface area (Å²) in [6.45, 7) is 2.97. The molecule has 1 aromatic heterocycles. The number of hydrogen-bond acceptors (Lipinski definition) is 3. The third kappa shape index (κ3) is 3.42. The Morgan fingerprint density at radius 3 is 3.00 bits per heavy atom. The Hall–Kier alpha value is -1.20. The van der Waals surface area contributed by atoms with Gasteiger partial charge in [-0.2, -0.15) is 0 Å². The van der Waals surface area contributed by atoms with Crippen LogP contribution in [0.15, 0.2) is 23.4 Å². The Morgan fingerprint density at radius 1 is 1.53 bits per heavy atom. The van der Waals surface area contributed by atoms with E-state index in [1.165, 1.54) is 11.8 Å². The first-order chi connectivity index (χ1) is 9.11. The lowest BCUT2D eigenvalue weighted by atomic mass is 10.3. The molecule has 0 aliphatic rings. The minimum Gasteiger partial charge on any atom is -0.481 e. The minimum atomic E-state index is -0.836. The SMILES string of the molecule is CCCCn1c(SCC(=O)O)nc2cc(Cl)ccc21. The zero-order chi connectivity index (χ0) is 13.8. The van der Waals surface area contributed by atoms with Gasteiger partial charge in [0, 0.05) is 11.6 Å². The van der Waals surface area contributed by atoms with Gasteiger partial charge in [0.2, 0.25) is 0 Å². The molecule has 1 heterocycles. The lowest BCUT2D eigenvalue weighted by molar-refractivity contribution is -0.133. The lowest BCUT2D eigenvalue weighted by Gasteiger charge is -2.07. The van der Waals surface area contributed by atoms with Crippen molar-refractivity contribution < 1.29 is 9.90 Å². The van der Waals surface area contributed by atoms with Crippen LogP contribution in [0.1, 0.15) is 19.8 Å². The zero-order valence-corrected chi connectivity index (χ0v) is 12.2. The molecule has 19 heavy (non-hydrogen) atoms. The highest BCUT2D eigenvalue weighted by Crippen LogP contribution is 2.26. The monoisotopic (exact) mass is 298 g/mol. The average molecular weight is 299 g/mol. The number of aliphatic carboxylic acids is 1. The molecule has 0 aliphatic heterocycles. The predicted octanol–water partition coefficient (Wildman–Crippen LogP) is 3.67. The maximum atomic E-state index is 10.7. The summed E-state index contributed by atoms with van der Waals surface area (Å²) in [5, 5.41) is 10.2. The van der Waals surface area contributed by atoms with Gasteiger partial charge in [-0.1, -0.05) is 36.7 Å². The molecule has 2 rings (SSSR count). The van der Waals surface area contributed by atoms with Gasteiger partial charge in [-0.15, -0.1) is 0 Å². The van der Waals surface area contributed by atoms with E-state index in [2.05, 4.69) is 16.5 Å². The van der Waals surface area contributed by atoms with Crippen molar-refractivity contribution in [2.24, 2.45) is 0 Å². The summed E-state index contributed by atoms with van der Waals surface area (Å²) in [6.07, 6.45) is 2.12. The molecule has 0 bridgehead atoms. The van der Waals surface area contributed by atoms with Crippen LogP contribution >= 0.6 is 23.4 Å². The van der Waals surface area contributed by atoms with Gasteiger partial charge in [0.1, 0.15) is 0 Å². The number of carboxylic acid groups (broad SMARTS) is 1. The highest BCUT2D eigenvalue weighted by molar-refractivity contribution is 7.99. The van der Waals surface area contributed by atoms with Crippen molar-refractivity contribution in [2.75, 3.05) is 5.75 Å². The molecule has 0 saturated carbocycles. The van der Waals surface area contributed by atoms with E-state index in [0.717, 1.165) is 35.6 Å². The van der Waals surface area contributed by atoms with Crippen molar-refractivity contribution >= 4 is 40.4 Å². The van der Waals surface area contributed by atoms with Crippen molar-refractivity contribution in [2.45, 2.75) is 31.5 Å². The maximum Gasteiger partial charge on any atom is 0.313 e. The van der Waals surface area contributed by atoms with Gasteiger partial charge in [0.15, 0.2) is 5.16 Å². The number of halogens is 1. The van der Waals surface area contributed by atoms with Gasteiger partial charge in [-0.05, 0) is 24.6 Å². The van der Waals surface area contributed by atoms with Crippen molar-refractivity contribution in [3.8, 4) is 0 Å². The third-order valence-electron chi connectivity index (χ3n) is 2.74. The molecular weight excluding hydrogens is 284 g/mol. The van der Waals surface area contributed by atoms with Crippen molar-refractivity contribution in [1.29, 1.82) is 0 Å². The maximum absolute atomic E-state index is 10.7. The first-order valence-electron chi connectivity index (χ1n) is 6.12. The zero-order valence-electron chi connectivity index (χ0n) is 10.6. The molecule has 2 aromatic rings. The van der Waals surface area contributed by atoms with Crippen molar-refractivity contribution in [3.05, 3.63) is 23.2 Å². The number of benzene rings is 1. The highest BCUT2D eigenvalue weighted by atomic mass is 35.5. The summed E-state index contributed by atoms with van der Waals surface area (Å²) in [5.41, 5.74) is 1.82. The summed E-state index contributed by atoms with van der Waals surface area (Å²) < 4.78 is 2.07. The van der Waals surface area contributed by atoms with E-state index >= 15 is 0 Å². The number of aryl methyl sites for hydroxylation is 1. The Balaban J connectivity index is 2.38. The smallest absolute Gasteiger partial charge is 0.313 e. The molecule has 0 saturated heterocycles. The summed E-state index contributed by atoms with van der Waals surface area (Å²) in [7, 11) is 0. The number of fused-ring (bicyclic) bond motifs is 1. The van der Waals surface area contributed by atoms with Crippen LogP contribution in [-0.2, 0) is 11.3 Å². The normalized spacial score (nSPS) is 11.1. The minimum absolute atomic E-state index is 0.0170. The second-order valence-corrected chi connectivity index (χ2v) is 5.59. The topological polar surface area (TPSA) is 55.1 Å². The summed E-state index contributed by atoms with van der Waals surface area (Å²) in [6, 6.07) is 5.58.